The summed E-state index contributed by atoms with van der Waals surface area (Å²) in [6.45, 7) is 0. The van der Waals surface area contributed by atoms with E-state index < -0.39 is 23.8 Å². The lowest BCUT2D eigenvalue weighted by Crippen LogP contribution is -2.42. The molecule has 1 aromatic heterocycles. The van der Waals surface area contributed by atoms with Crippen LogP contribution in [0.4, 0.5) is 5.00 Å². The average Bonchev–Trinajstić information content (AvgIpc) is 2.81. The van der Waals surface area contributed by atoms with E-state index in [0.717, 1.165) is 55.4 Å². The number of anilines is 1. The van der Waals surface area contributed by atoms with Gasteiger partial charge in [-0.25, -0.2) is 4.79 Å². The van der Waals surface area contributed by atoms with E-state index in [2.05, 4.69) is 5.32 Å². The van der Waals surface area contributed by atoms with Gasteiger partial charge in [0.25, 0.3) is 0 Å². The summed E-state index contributed by atoms with van der Waals surface area (Å²) in [6, 6.07) is 0. The number of carboxylic acid groups (broad SMARTS) is 1. The molecule has 6 nitrogen and oxygen atoms in total. The number of amides is 1. The van der Waals surface area contributed by atoms with E-state index in [1.165, 1.54) is 18.4 Å². The zero-order chi connectivity index (χ0) is 18.7. The van der Waals surface area contributed by atoms with E-state index in [9.17, 15) is 19.5 Å². The molecule has 3 rings (SSSR count). The first-order valence-corrected chi connectivity index (χ1v) is 10.1. The second-order valence-corrected chi connectivity index (χ2v) is 8.17. The molecule has 2 atom stereocenters. The highest BCUT2D eigenvalue weighted by atomic mass is 32.1. The number of esters is 1. The summed E-state index contributed by atoms with van der Waals surface area (Å²) in [4.78, 5) is 37.6. The van der Waals surface area contributed by atoms with Gasteiger partial charge in [-0.1, -0.05) is 19.3 Å². The highest BCUT2D eigenvalue weighted by Gasteiger charge is 2.33. The normalized spacial score (nSPS) is 22.8. The molecule has 1 amide bonds. The summed E-state index contributed by atoms with van der Waals surface area (Å²) in [5, 5.41) is 14.7. The number of nitrogens with one attached hydrogen (secondary N) is 1. The van der Waals surface area contributed by atoms with E-state index in [0.29, 0.717) is 23.4 Å². The minimum atomic E-state index is -1.17. The van der Waals surface area contributed by atoms with E-state index in [1.54, 1.807) is 0 Å². The van der Waals surface area contributed by atoms with Crippen molar-refractivity contribution in [3.8, 4) is 0 Å². The number of carboxylic acids is 1. The molecule has 1 fully saturated rings. The number of rotatable bonds is 4. The highest BCUT2D eigenvalue weighted by molar-refractivity contribution is 7.17. The van der Waals surface area contributed by atoms with Crippen molar-refractivity contribution in [2.75, 3.05) is 12.4 Å². The fourth-order valence-electron chi connectivity index (χ4n) is 4.08. The number of ether oxygens (including phenoxy) is 1. The maximum atomic E-state index is 12.8. The van der Waals surface area contributed by atoms with Gasteiger partial charge in [0.15, 0.2) is 0 Å². The highest BCUT2D eigenvalue weighted by Crippen LogP contribution is 2.39. The molecule has 142 valence electrons. The quantitative estimate of drug-likeness (QED) is 0.641. The molecule has 0 aliphatic heterocycles. The van der Waals surface area contributed by atoms with Crippen molar-refractivity contribution in [1.29, 1.82) is 0 Å². The number of thiophene rings is 1. The SMILES string of the molecule is COC(=O)c1c(NC(=O)[C@H]2CCCC[C@@H]2C(=O)[O-])sc2c1CCCCC2. The first-order valence-electron chi connectivity index (χ1n) is 9.27. The minimum Gasteiger partial charge on any atom is -0.550 e. The van der Waals surface area contributed by atoms with Crippen LogP contribution in [0, 0.1) is 11.8 Å². The summed E-state index contributed by atoms with van der Waals surface area (Å²) < 4.78 is 4.94. The van der Waals surface area contributed by atoms with Crippen LogP contribution in [-0.2, 0) is 27.2 Å². The standard InChI is InChI=1S/C19H25NO5S/c1-25-19(24)15-13-9-3-2-4-10-14(13)26-17(15)20-16(21)11-7-5-6-8-12(11)18(22)23/h11-12H,2-10H2,1H3,(H,20,21)(H,22,23)/p-1/t11-,12-/m0/s1. The lowest BCUT2D eigenvalue weighted by molar-refractivity contribution is -0.313. The van der Waals surface area contributed by atoms with Crippen LogP contribution >= 0.6 is 11.3 Å². The molecule has 2 aliphatic rings. The number of methoxy groups -OCH3 is 1. The largest absolute Gasteiger partial charge is 0.550 e. The number of aryl methyl sites for hydroxylation is 1. The first-order chi connectivity index (χ1) is 12.5. The summed E-state index contributed by atoms with van der Waals surface area (Å²) in [6.07, 6.45) is 7.51. The van der Waals surface area contributed by atoms with Gasteiger partial charge < -0.3 is 20.0 Å². The number of carbonyl (C=O) groups excluding carboxylic acids is 3. The molecule has 0 unspecified atom stereocenters. The van der Waals surface area contributed by atoms with Crippen LogP contribution in [0.15, 0.2) is 0 Å². The Morgan fingerprint density at radius 1 is 1.04 bits per heavy atom. The third-order valence-corrected chi connectivity index (χ3v) is 6.66. The van der Waals surface area contributed by atoms with Crippen LogP contribution in [0.2, 0.25) is 0 Å². The predicted molar refractivity (Wildman–Crippen MR) is 96.0 cm³/mol. The zero-order valence-corrected chi connectivity index (χ0v) is 15.8. The maximum absolute atomic E-state index is 12.8. The van der Waals surface area contributed by atoms with Gasteiger partial charge >= 0.3 is 5.97 Å². The monoisotopic (exact) mass is 378 g/mol. The van der Waals surface area contributed by atoms with Gasteiger partial charge in [0.1, 0.15) is 5.00 Å². The number of hydrogen-bond donors (Lipinski definition) is 1. The second-order valence-electron chi connectivity index (χ2n) is 7.07. The molecule has 1 heterocycles. The fourth-order valence-corrected chi connectivity index (χ4v) is 5.36. The Morgan fingerprint density at radius 3 is 2.42 bits per heavy atom. The molecule has 2 aliphatic carbocycles. The Kier molecular flexibility index (Phi) is 5.96. The zero-order valence-electron chi connectivity index (χ0n) is 15.0. The molecular formula is C19H24NO5S-. The molecule has 0 radical (unpaired) electrons. The number of aliphatic carboxylic acids is 1. The van der Waals surface area contributed by atoms with E-state index >= 15 is 0 Å². The van der Waals surface area contributed by atoms with E-state index in [4.69, 9.17) is 4.74 Å². The van der Waals surface area contributed by atoms with Crippen molar-refractivity contribution >= 4 is 34.2 Å². The Balaban J connectivity index is 1.87. The van der Waals surface area contributed by atoms with Gasteiger partial charge in [-0.05, 0) is 44.1 Å². The van der Waals surface area contributed by atoms with Crippen molar-refractivity contribution in [2.45, 2.75) is 57.8 Å². The van der Waals surface area contributed by atoms with Crippen molar-refractivity contribution < 1.29 is 24.2 Å². The molecular weight excluding hydrogens is 354 g/mol. The molecule has 1 N–H and O–H groups in total. The van der Waals surface area contributed by atoms with Crippen LogP contribution in [0.5, 0.6) is 0 Å². The van der Waals surface area contributed by atoms with Gasteiger partial charge in [0, 0.05) is 22.7 Å². The topological polar surface area (TPSA) is 95.5 Å². The third kappa shape index (κ3) is 3.77. The summed E-state index contributed by atoms with van der Waals surface area (Å²) in [5.74, 6) is -3.32. The molecule has 0 aromatic carbocycles. The number of fused-ring (bicyclic) bond motifs is 1. The average molecular weight is 378 g/mol. The Bertz CT molecular complexity index is 711. The van der Waals surface area contributed by atoms with Gasteiger partial charge in [-0.3, -0.25) is 4.79 Å². The van der Waals surface area contributed by atoms with Gasteiger partial charge in [-0.15, -0.1) is 11.3 Å². The van der Waals surface area contributed by atoms with Crippen LogP contribution < -0.4 is 10.4 Å². The van der Waals surface area contributed by atoms with Crippen molar-refractivity contribution in [3.63, 3.8) is 0 Å². The predicted octanol–water partition coefficient (Wildman–Crippen LogP) is 2.30. The third-order valence-electron chi connectivity index (χ3n) is 5.45. The van der Waals surface area contributed by atoms with Gasteiger partial charge in [0.05, 0.1) is 12.7 Å². The van der Waals surface area contributed by atoms with Crippen LogP contribution in [0.25, 0.3) is 0 Å². The lowest BCUT2D eigenvalue weighted by atomic mass is 9.79. The Morgan fingerprint density at radius 2 is 1.73 bits per heavy atom. The maximum Gasteiger partial charge on any atom is 0.341 e. The van der Waals surface area contributed by atoms with Crippen molar-refractivity contribution in [2.24, 2.45) is 11.8 Å². The summed E-state index contributed by atoms with van der Waals surface area (Å²) in [7, 11) is 1.34. The van der Waals surface area contributed by atoms with Gasteiger partial charge in [0.2, 0.25) is 5.91 Å². The molecule has 0 saturated heterocycles. The summed E-state index contributed by atoms with van der Waals surface area (Å²) >= 11 is 1.43. The van der Waals surface area contributed by atoms with Crippen LogP contribution in [0.3, 0.4) is 0 Å². The molecule has 0 spiro atoms. The number of hydrogen-bond acceptors (Lipinski definition) is 6. The van der Waals surface area contributed by atoms with E-state index in [-0.39, 0.29) is 5.91 Å². The lowest BCUT2D eigenvalue weighted by Gasteiger charge is -2.31. The smallest absolute Gasteiger partial charge is 0.341 e. The molecule has 26 heavy (non-hydrogen) atoms. The Hall–Kier alpha value is -1.89. The molecule has 1 saturated carbocycles. The van der Waals surface area contributed by atoms with Gasteiger partial charge in [-0.2, -0.15) is 0 Å². The van der Waals surface area contributed by atoms with Crippen LogP contribution in [0.1, 0.15) is 65.7 Å². The van der Waals surface area contributed by atoms with E-state index in [1.807, 2.05) is 0 Å². The molecule has 0 bridgehead atoms. The first kappa shape index (κ1) is 18.9. The molecule has 1 aromatic rings. The minimum absolute atomic E-state index is 0.333. The second kappa shape index (κ2) is 8.20. The fraction of sp³-hybridized carbons (Fsp3) is 0.632. The number of carbonyl (C=O) groups is 3. The van der Waals surface area contributed by atoms with Crippen LogP contribution in [-0.4, -0.2) is 25.0 Å². The van der Waals surface area contributed by atoms with Crippen molar-refractivity contribution in [3.05, 3.63) is 16.0 Å². The summed E-state index contributed by atoms with van der Waals surface area (Å²) in [5.41, 5.74) is 1.43. The Labute approximate surface area is 156 Å². The van der Waals surface area contributed by atoms with Crippen molar-refractivity contribution in [1.82, 2.24) is 0 Å². The molecule has 7 heteroatoms.